The first-order chi connectivity index (χ1) is 9.99. The van der Waals surface area contributed by atoms with Crippen LogP contribution >= 0.6 is 38.9 Å². The number of fused-ring (bicyclic) bond motifs is 1. The van der Waals surface area contributed by atoms with Gasteiger partial charge in [0, 0.05) is 6.07 Å². The average molecular weight is 388 g/mol. The maximum atomic E-state index is 13.7. The van der Waals surface area contributed by atoms with Gasteiger partial charge in [0.25, 0.3) is 0 Å². The highest BCUT2D eigenvalue weighted by atomic mass is 79.9. The van der Waals surface area contributed by atoms with Gasteiger partial charge in [0.2, 0.25) is 0 Å². The van der Waals surface area contributed by atoms with Gasteiger partial charge >= 0.3 is 0 Å². The summed E-state index contributed by atoms with van der Waals surface area (Å²) in [4.78, 5) is 4.52. The number of benzene rings is 1. The minimum Gasteiger partial charge on any atom is -0.319 e. The van der Waals surface area contributed by atoms with Crippen LogP contribution in [0.1, 0.15) is 36.7 Å². The van der Waals surface area contributed by atoms with Crippen molar-refractivity contribution in [2.24, 2.45) is 0 Å². The smallest absolute Gasteiger partial charge is 0.139 e. The lowest BCUT2D eigenvalue weighted by Crippen LogP contribution is -2.10. The van der Waals surface area contributed by atoms with Crippen molar-refractivity contribution < 1.29 is 4.39 Å². The number of aromatic nitrogens is 2. The van der Waals surface area contributed by atoms with E-state index >= 15 is 0 Å². The number of hydrogen-bond acceptors (Lipinski definition) is 2. The molecule has 0 saturated carbocycles. The molecule has 3 rings (SSSR count). The molecule has 21 heavy (non-hydrogen) atoms. The highest BCUT2D eigenvalue weighted by Gasteiger charge is 2.21. The molecule has 6 heteroatoms. The molecule has 2 aromatic heterocycles. The predicted octanol–water partition coefficient (Wildman–Crippen LogP) is 5.91. The van der Waals surface area contributed by atoms with Crippen LogP contribution in [0.25, 0.3) is 11.0 Å². The summed E-state index contributed by atoms with van der Waals surface area (Å²) in [6, 6.07) is 5.39. The molecule has 0 aliphatic carbocycles. The normalized spacial score (nSPS) is 14.5. The molecule has 2 atom stereocenters. The number of thiophene rings is 1. The fourth-order valence-corrected chi connectivity index (χ4v) is 3.69. The Balaban J connectivity index is 2.27. The monoisotopic (exact) mass is 386 g/mol. The molecule has 2 nitrogen and oxygen atoms in total. The molecule has 0 aliphatic rings. The summed E-state index contributed by atoms with van der Waals surface area (Å²) in [5.74, 6) is 0.437. The van der Waals surface area contributed by atoms with Crippen molar-refractivity contribution in [2.45, 2.75) is 25.3 Å². The molecular formula is C15H13BrClFN2S. The van der Waals surface area contributed by atoms with Crippen LogP contribution in [0.15, 0.2) is 33.4 Å². The first-order valence-corrected chi connectivity index (χ1v) is 8.69. The van der Waals surface area contributed by atoms with Gasteiger partial charge in [-0.25, -0.2) is 9.37 Å². The third kappa shape index (κ3) is 2.62. The lowest BCUT2D eigenvalue weighted by molar-refractivity contribution is 0.616. The van der Waals surface area contributed by atoms with Crippen molar-refractivity contribution in [2.75, 3.05) is 0 Å². The molecule has 110 valence electrons. The van der Waals surface area contributed by atoms with E-state index in [0.717, 1.165) is 11.3 Å². The van der Waals surface area contributed by atoms with Crippen LogP contribution in [0, 0.1) is 5.82 Å². The Labute approximate surface area is 139 Å². The van der Waals surface area contributed by atoms with E-state index in [9.17, 15) is 4.39 Å². The van der Waals surface area contributed by atoms with Crippen molar-refractivity contribution in [1.82, 2.24) is 9.55 Å². The van der Waals surface area contributed by atoms with Crippen LogP contribution in [0.2, 0.25) is 0 Å². The van der Waals surface area contributed by atoms with Gasteiger partial charge in [-0.1, -0.05) is 0 Å². The second-order valence-electron chi connectivity index (χ2n) is 4.94. The highest BCUT2D eigenvalue weighted by Crippen LogP contribution is 2.33. The Bertz CT molecular complexity index is 783. The molecule has 0 bridgehead atoms. The molecule has 0 fully saturated rings. The summed E-state index contributed by atoms with van der Waals surface area (Å²) < 4.78 is 16.3. The van der Waals surface area contributed by atoms with Crippen LogP contribution < -0.4 is 0 Å². The topological polar surface area (TPSA) is 17.8 Å². The Morgan fingerprint density at radius 2 is 2.14 bits per heavy atom. The van der Waals surface area contributed by atoms with E-state index < -0.39 is 0 Å². The zero-order valence-corrected chi connectivity index (χ0v) is 14.6. The minimum absolute atomic E-state index is 0.0924. The van der Waals surface area contributed by atoms with Crippen LogP contribution in [0.4, 0.5) is 4.39 Å². The summed E-state index contributed by atoms with van der Waals surface area (Å²) >= 11 is 11.2. The molecule has 3 aromatic rings. The van der Waals surface area contributed by atoms with Gasteiger partial charge in [-0.2, -0.15) is 11.3 Å². The molecule has 0 aliphatic heterocycles. The van der Waals surface area contributed by atoms with E-state index in [0.29, 0.717) is 9.99 Å². The third-order valence-electron chi connectivity index (χ3n) is 3.53. The Kier molecular flexibility index (Phi) is 4.08. The third-order valence-corrected chi connectivity index (χ3v) is 5.03. The Morgan fingerprint density at radius 3 is 2.76 bits per heavy atom. The lowest BCUT2D eigenvalue weighted by Gasteiger charge is -2.18. The van der Waals surface area contributed by atoms with Crippen molar-refractivity contribution in [3.63, 3.8) is 0 Å². The minimum atomic E-state index is -0.316. The summed E-state index contributed by atoms with van der Waals surface area (Å²) in [5.41, 5.74) is 2.70. The van der Waals surface area contributed by atoms with Gasteiger partial charge in [-0.15, -0.1) is 11.6 Å². The summed E-state index contributed by atoms with van der Waals surface area (Å²) in [5, 5.41) is 3.91. The van der Waals surface area contributed by atoms with Gasteiger partial charge in [-0.05, 0) is 58.2 Å². The molecule has 0 saturated heterocycles. The molecule has 0 spiro atoms. The van der Waals surface area contributed by atoms with Crippen molar-refractivity contribution in [3.05, 3.63) is 50.6 Å². The predicted molar refractivity (Wildman–Crippen MR) is 89.8 cm³/mol. The van der Waals surface area contributed by atoms with E-state index in [1.807, 2.05) is 12.3 Å². The van der Waals surface area contributed by atoms with E-state index in [4.69, 9.17) is 11.6 Å². The molecule has 0 N–H and O–H groups in total. The summed E-state index contributed by atoms with van der Waals surface area (Å²) in [6.07, 6.45) is 0. The van der Waals surface area contributed by atoms with E-state index in [-0.39, 0.29) is 17.2 Å². The number of halogens is 3. The number of rotatable bonds is 3. The molecule has 0 radical (unpaired) electrons. The first kappa shape index (κ1) is 15.0. The van der Waals surface area contributed by atoms with Crippen molar-refractivity contribution in [1.29, 1.82) is 0 Å². The Morgan fingerprint density at radius 1 is 1.38 bits per heavy atom. The number of nitrogens with zero attached hydrogens (tertiary/aromatic N) is 2. The first-order valence-electron chi connectivity index (χ1n) is 6.52. The molecule has 1 aromatic carbocycles. The fourth-order valence-electron chi connectivity index (χ4n) is 2.46. The van der Waals surface area contributed by atoms with Gasteiger partial charge in [0.15, 0.2) is 0 Å². The lowest BCUT2D eigenvalue weighted by atomic mass is 10.1. The SMILES string of the molecule is CC(Cl)c1nc2cc(F)c(Br)cc2n1C(C)c1ccsc1. The number of alkyl halides is 1. The molecule has 2 unspecified atom stereocenters. The van der Waals surface area contributed by atoms with E-state index in [1.54, 1.807) is 17.4 Å². The second-order valence-corrected chi connectivity index (χ2v) is 7.23. The quantitative estimate of drug-likeness (QED) is 0.511. The summed E-state index contributed by atoms with van der Waals surface area (Å²) in [7, 11) is 0. The maximum Gasteiger partial charge on any atom is 0.139 e. The van der Waals surface area contributed by atoms with Crippen LogP contribution in [0.5, 0.6) is 0 Å². The zero-order chi connectivity index (χ0) is 15.1. The maximum absolute atomic E-state index is 13.7. The van der Waals surface area contributed by atoms with Gasteiger partial charge in [-0.3, -0.25) is 0 Å². The highest BCUT2D eigenvalue weighted by molar-refractivity contribution is 9.10. The van der Waals surface area contributed by atoms with Crippen LogP contribution in [-0.2, 0) is 0 Å². The Hall–Kier alpha value is -0.910. The van der Waals surface area contributed by atoms with E-state index in [1.165, 1.54) is 11.6 Å². The molecular weight excluding hydrogens is 375 g/mol. The second kappa shape index (κ2) is 5.71. The number of imidazole rings is 1. The van der Waals surface area contributed by atoms with Crippen LogP contribution in [0.3, 0.4) is 0 Å². The van der Waals surface area contributed by atoms with Crippen molar-refractivity contribution >= 4 is 49.9 Å². The van der Waals surface area contributed by atoms with Crippen molar-refractivity contribution in [3.8, 4) is 0 Å². The number of hydrogen-bond donors (Lipinski definition) is 0. The van der Waals surface area contributed by atoms with E-state index in [2.05, 4.69) is 43.9 Å². The standard InChI is InChI=1S/C15H13BrClFN2S/c1-8(17)15-19-13-6-12(18)11(16)5-14(13)20(15)9(2)10-3-4-21-7-10/h3-9H,1-2H3. The average Bonchev–Trinajstić information content (AvgIpc) is 3.06. The molecule has 0 amide bonds. The van der Waals surface area contributed by atoms with Gasteiger partial charge in [0.1, 0.15) is 11.6 Å². The zero-order valence-electron chi connectivity index (χ0n) is 11.5. The molecule has 2 heterocycles. The van der Waals surface area contributed by atoms with Gasteiger partial charge < -0.3 is 4.57 Å². The van der Waals surface area contributed by atoms with Crippen LogP contribution in [-0.4, -0.2) is 9.55 Å². The fraction of sp³-hybridized carbons (Fsp3) is 0.267. The van der Waals surface area contributed by atoms with Gasteiger partial charge in [0.05, 0.1) is 26.9 Å². The largest absolute Gasteiger partial charge is 0.319 e. The summed E-state index contributed by atoms with van der Waals surface area (Å²) in [6.45, 7) is 3.98.